The predicted octanol–water partition coefficient (Wildman–Crippen LogP) is 3.39. The summed E-state index contributed by atoms with van der Waals surface area (Å²) in [5.41, 5.74) is 0.678. The van der Waals surface area contributed by atoms with E-state index in [0.29, 0.717) is 5.57 Å². The van der Waals surface area contributed by atoms with Crippen LogP contribution >= 0.6 is 0 Å². The molecule has 20 heavy (non-hydrogen) atoms. The average Bonchev–Trinajstić information content (AvgIpc) is 2.47. The van der Waals surface area contributed by atoms with Crippen molar-refractivity contribution in [2.45, 2.75) is 25.4 Å². The Morgan fingerprint density at radius 3 is 2.45 bits per heavy atom. The molecule has 1 aromatic carbocycles. The molecule has 0 fully saturated rings. The van der Waals surface area contributed by atoms with E-state index < -0.39 is 5.60 Å². The number of hydrogen-bond acceptors (Lipinski definition) is 3. The zero-order valence-electron chi connectivity index (χ0n) is 12.0. The summed E-state index contributed by atoms with van der Waals surface area (Å²) in [5, 5.41) is 10.4. The van der Waals surface area contributed by atoms with Gasteiger partial charge in [0.2, 0.25) is 0 Å². The Morgan fingerprint density at radius 2 is 1.95 bits per heavy atom. The molecule has 0 aromatic heterocycles. The lowest BCUT2D eigenvalue weighted by Crippen LogP contribution is -2.40. The number of hydrogen-bond donors (Lipinski definition) is 1. The maximum absolute atomic E-state index is 11.4. The molecule has 1 aliphatic rings. The van der Waals surface area contributed by atoms with Gasteiger partial charge in [-0.2, -0.15) is 0 Å². The second kappa shape index (κ2) is 5.63. The second-order valence-electron chi connectivity index (χ2n) is 5.35. The summed E-state index contributed by atoms with van der Waals surface area (Å²) in [6, 6.07) is 9.65. The topological polar surface area (TPSA) is 46.5 Å². The van der Waals surface area contributed by atoms with Crippen molar-refractivity contribution in [1.29, 1.82) is 0 Å². The van der Waals surface area contributed by atoms with Gasteiger partial charge in [0, 0.05) is 18.6 Å². The Morgan fingerprint density at radius 1 is 1.30 bits per heavy atom. The van der Waals surface area contributed by atoms with Crippen LogP contribution in [-0.2, 0) is 9.53 Å². The van der Waals surface area contributed by atoms with Gasteiger partial charge < -0.3 is 9.84 Å². The van der Waals surface area contributed by atoms with E-state index in [2.05, 4.69) is 0 Å². The molecule has 0 heterocycles. The third kappa shape index (κ3) is 2.29. The Bertz CT molecular complexity index is 543. The highest BCUT2D eigenvalue weighted by atomic mass is 16.5. The Balaban J connectivity index is 2.51. The number of allylic oxidation sites excluding steroid dienone is 2. The lowest BCUT2D eigenvalue weighted by atomic mass is 9.76. The highest BCUT2D eigenvalue weighted by Crippen LogP contribution is 2.40. The summed E-state index contributed by atoms with van der Waals surface area (Å²) in [7, 11) is 1.55. The third-order valence-electron chi connectivity index (χ3n) is 3.96. The number of benzene rings is 1. The summed E-state index contributed by atoms with van der Waals surface area (Å²) in [6.07, 6.45) is 4.30. The normalized spacial score (nSPS) is 26.1. The first-order valence-electron chi connectivity index (χ1n) is 6.74. The van der Waals surface area contributed by atoms with Crippen molar-refractivity contribution in [2.75, 3.05) is 7.11 Å². The molecule has 1 aliphatic carbocycles. The van der Waals surface area contributed by atoms with Gasteiger partial charge in [0.1, 0.15) is 17.6 Å². The number of methoxy groups -OCH3 is 1. The second-order valence-corrected chi connectivity index (χ2v) is 5.35. The number of aldehydes is 1. The Hall–Kier alpha value is -1.87. The molecule has 0 amide bonds. The first-order valence-corrected chi connectivity index (χ1v) is 6.74. The molecule has 0 radical (unpaired) electrons. The molecule has 0 spiro atoms. The van der Waals surface area contributed by atoms with Crippen LogP contribution in [0.25, 0.3) is 0 Å². The number of aliphatic hydroxyl groups is 1. The number of rotatable bonds is 4. The number of carbonyl (C=O) groups excluding carboxylic acids is 1. The minimum Gasteiger partial charge on any atom is -0.509 e. The van der Waals surface area contributed by atoms with Gasteiger partial charge >= 0.3 is 0 Å². The summed E-state index contributed by atoms with van der Waals surface area (Å²) in [4.78, 5) is 11.4. The molecular formula is C17H20O3. The van der Waals surface area contributed by atoms with Gasteiger partial charge in [-0.05, 0) is 23.6 Å². The van der Waals surface area contributed by atoms with Crippen LogP contribution in [0.5, 0.6) is 0 Å². The Labute approximate surface area is 119 Å². The SMILES string of the molecule is COC1(C(C)C)C=C(C=O)C(c2ccccc2)C=C1O. The van der Waals surface area contributed by atoms with E-state index in [1.807, 2.05) is 44.2 Å². The quantitative estimate of drug-likeness (QED) is 0.855. The molecule has 1 aromatic rings. The molecule has 0 saturated heterocycles. The van der Waals surface area contributed by atoms with E-state index in [1.165, 1.54) is 0 Å². The van der Waals surface area contributed by atoms with Crippen molar-refractivity contribution < 1.29 is 14.6 Å². The van der Waals surface area contributed by atoms with Crippen LogP contribution < -0.4 is 0 Å². The van der Waals surface area contributed by atoms with Crippen LogP contribution in [0.3, 0.4) is 0 Å². The zero-order valence-corrected chi connectivity index (χ0v) is 12.0. The number of ether oxygens (including phenoxy) is 1. The van der Waals surface area contributed by atoms with Crippen LogP contribution in [0.1, 0.15) is 25.3 Å². The van der Waals surface area contributed by atoms with Gasteiger partial charge in [-0.15, -0.1) is 0 Å². The molecule has 2 atom stereocenters. The van der Waals surface area contributed by atoms with E-state index in [1.54, 1.807) is 19.3 Å². The van der Waals surface area contributed by atoms with Crippen LogP contribution in [0.15, 0.2) is 53.8 Å². The van der Waals surface area contributed by atoms with E-state index in [0.717, 1.165) is 11.8 Å². The van der Waals surface area contributed by atoms with Crippen molar-refractivity contribution in [3.63, 3.8) is 0 Å². The summed E-state index contributed by atoms with van der Waals surface area (Å²) >= 11 is 0. The lowest BCUT2D eigenvalue weighted by molar-refractivity contribution is -0.105. The molecule has 3 nitrogen and oxygen atoms in total. The fourth-order valence-corrected chi connectivity index (χ4v) is 2.71. The van der Waals surface area contributed by atoms with Gasteiger partial charge in [-0.3, -0.25) is 4.79 Å². The van der Waals surface area contributed by atoms with Crippen molar-refractivity contribution in [3.8, 4) is 0 Å². The van der Waals surface area contributed by atoms with Crippen LogP contribution in [-0.4, -0.2) is 24.1 Å². The highest BCUT2D eigenvalue weighted by molar-refractivity contribution is 5.78. The summed E-state index contributed by atoms with van der Waals surface area (Å²) in [6.45, 7) is 3.91. The van der Waals surface area contributed by atoms with Crippen molar-refractivity contribution in [2.24, 2.45) is 5.92 Å². The van der Waals surface area contributed by atoms with E-state index in [4.69, 9.17) is 4.74 Å². The molecule has 3 heteroatoms. The molecule has 106 valence electrons. The molecule has 0 aliphatic heterocycles. The van der Waals surface area contributed by atoms with Crippen molar-refractivity contribution in [3.05, 3.63) is 59.4 Å². The summed E-state index contributed by atoms with van der Waals surface area (Å²) < 4.78 is 5.52. The average molecular weight is 272 g/mol. The molecular weight excluding hydrogens is 252 g/mol. The van der Waals surface area contributed by atoms with Gasteiger partial charge in [0.25, 0.3) is 0 Å². The van der Waals surface area contributed by atoms with Gasteiger partial charge in [-0.1, -0.05) is 44.2 Å². The minimum atomic E-state index is -0.915. The zero-order chi connectivity index (χ0) is 14.8. The molecule has 0 saturated carbocycles. The van der Waals surface area contributed by atoms with Crippen molar-refractivity contribution >= 4 is 6.29 Å². The molecule has 2 unspecified atom stereocenters. The van der Waals surface area contributed by atoms with Crippen molar-refractivity contribution in [1.82, 2.24) is 0 Å². The van der Waals surface area contributed by atoms with Gasteiger partial charge in [-0.25, -0.2) is 0 Å². The third-order valence-corrected chi connectivity index (χ3v) is 3.96. The first-order chi connectivity index (χ1) is 9.55. The summed E-state index contributed by atoms with van der Waals surface area (Å²) in [5.74, 6) is -0.0411. The van der Waals surface area contributed by atoms with Crippen LogP contribution in [0.4, 0.5) is 0 Å². The van der Waals surface area contributed by atoms with E-state index in [-0.39, 0.29) is 17.6 Å². The van der Waals surface area contributed by atoms with Crippen LogP contribution in [0, 0.1) is 5.92 Å². The smallest absolute Gasteiger partial charge is 0.146 e. The molecule has 2 rings (SSSR count). The van der Waals surface area contributed by atoms with E-state index in [9.17, 15) is 9.90 Å². The Kier molecular flexibility index (Phi) is 4.09. The number of aliphatic hydroxyl groups excluding tert-OH is 1. The lowest BCUT2D eigenvalue weighted by Gasteiger charge is -2.37. The molecule has 1 N–H and O–H groups in total. The van der Waals surface area contributed by atoms with E-state index >= 15 is 0 Å². The number of carbonyl (C=O) groups is 1. The van der Waals surface area contributed by atoms with Gasteiger partial charge in [0.05, 0.1) is 0 Å². The first kappa shape index (κ1) is 14.5. The maximum Gasteiger partial charge on any atom is 0.146 e. The fourth-order valence-electron chi connectivity index (χ4n) is 2.71. The predicted molar refractivity (Wildman–Crippen MR) is 78.6 cm³/mol. The minimum absolute atomic E-state index is 0.0235. The monoisotopic (exact) mass is 272 g/mol. The standard InChI is InChI=1S/C17H20O3/c1-12(2)17(20-3)10-14(11-18)15(9-16(17)19)13-7-5-4-6-8-13/h4-12,15,19H,1-3H3. The molecule has 0 bridgehead atoms. The largest absolute Gasteiger partial charge is 0.509 e. The van der Waals surface area contributed by atoms with Gasteiger partial charge in [0.15, 0.2) is 0 Å². The highest BCUT2D eigenvalue weighted by Gasteiger charge is 2.41. The van der Waals surface area contributed by atoms with Crippen LogP contribution in [0.2, 0.25) is 0 Å². The fraction of sp³-hybridized carbons (Fsp3) is 0.353. The maximum atomic E-state index is 11.4.